The van der Waals surface area contributed by atoms with Crippen LogP contribution in [0.15, 0.2) is 47.4 Å². The van der Waals surface area contributed by atoms with Crippen molar-refractivity contribution in [3.63, 3.8) is 0 Å². The zero-order valence-electron chi connectivity index (χ0n) is 13.9. The molecule has 0 aliphatic rings. The lowest BCUT2D eigenvalue weighted by Crippen LogP contribution is -2.31. The molecule has 2 rings (SSSR count). The Bertz CT molecular complexity index is 944. The van der Waals surface area contributed by atoms with Crippen LogP contribution >= 0.6 is 11.6 Å². The van der Waals surface area contributed by atoms with Gasteiger partial charge in [-0.1, -0.05) is 11.6 Å². The normalized spacial score (nSPS) is 11.0. The number of nitrogens with zero attached hydrogens (tertiary/aromatic N) is 2. The lowest BCUT2D eigenvalue weighted by Gasteiger charge is -2.24. The lowest BCUT2D eigenvalue weighted by atomic mass is 10.2. The third kappa shape index (κ3) is 3.78. The van der Waals surface area contributed by atoms with Crippen molar-refractivity contribution in [2.45, 2.75) is 11.8 Å². The van der Waals surface area contributed by atoms with Crippen LogP contribution in [-0.4, -0.2) is 33.0 Å². The van der Waals surface area contributed by atoms with Crippen LogP contribution in [0.1, 0.15) is 17.3 Å². The van der Waals surface area contributed by atoms with Crippen LogP contribution in [0, 0.1) is 10.1 Å². The summed E-state index contributed by atoms with van der Waals surface area (Å²) in [4.78, 5) is 21.7. The van der Waals surface area contributed by atoms with Crippen molar-refractivity contribution in [3.05, 3.63) is 63.2 Å². The van der Waals surface area contributed by atoms with Crippen molar-refractivity contribution in [3.8, 4) is 0 Å². The van der Waals surface area contributed by atoms with E-state index in [-0.39, 0.29) is 33.4 Å². The van der Waals surface area contributed by atoms with Crippen LogP contribution < -0.4 is 4.31 Å². The maximum atomic E-state index is 12.9. The third-order valence-electron chi connectivity index (χ3n) is 3.56. The molecular formula is C16H15ClN2O6S. The van der Waals surface area contributed by atoms with Crippen molar-refractivity contribution < 1.29 is 22.9 Å². The van der Waals surface area contributed by atoms with Crippen LogP contribution in [0.3, 0.4) is 0 Å². The summed E-state index contributed by atoms with van der Waals surface area (Å²) >= 11 is 6.13. The highest BCUT2D eigenvalue weighted by atomic mass is 35.5. The Labute approximate surface area is 155 Å². The number of nitro groups is 1. The Hall–Kier alpha value is -2.65. The lowest BCUT2D eigenvalue weighted by molar-refractivity contribution is -0.384. The molecule has 0 aromatic heterocycles. The fourth-order valence-electron chi connectivity index (χ4n) is 2.29. The summed E-state index contributed by atoms with van der Waals surface area (Å²) < 4.78 is 31.5. The van der Waals surface area contributed by atoms with Gasteiger partial charge < -0.3 is 4.74 Å². The van der Waals surface area contributed by atoms with Gasteiger partial charge in [0.15, 0.2) is 0 Å². The van der Waals surface area contributed by atoms with Gasteiger partial charge in [-0.15, -0.1) is 0 Å². The molecule has 0 heterocycles. The van der Waals surface area contributed by atoms with E-state index in [1.54, 1.807) is 6.92 Å². The predicted octanol–water partition coefficient (Wildman–Crippen LogP) is 3.25. The maximum Gasteiger partial charge on any atom is 0.337 e. The number of methoxy groups -OCH3 is 1. The zero-order chi connectivity index (χ0) is 19.5. The molecule has 0 bridgehead atoms. The summed E-state index contributed by atoms with van der Waals surface area (Å²) in [5.41, 5.74) is 0.0254. The first-order valence-electron chi connectivity index (χ1n) is 7.37. The number of benzene rings is 2. The minimum Gasteiger partial charge on any atom is -0.465 e. The number of nitro benzene ring substituents is 1. The number of hydrogen-bond acceptors (Lipinski definition) is 6. The third-order valence-corrected chi connectivity index (χ3v) is 5.78. The number of sulfonamides is 1. The van der Waals surface area contributed by atoms with Crippen LogP contribution in [0.2, 0.25) is 5.02 Å². The molecule has 0 saturated heterocycles. The number of ether oxygens (including phenoxy) is 1. The van der Waals surface area contributed by atoms with Gasteiger partial charge in [0.25, 0.3) is 15.7 Å². The molecule has 2 aromatic rings. The van der Waals surface area contributed by atoms with Crippen molar-refractivity contribution in [1.29, 1.82) is 0 Å². The first-order chi connectivity index (χ1) is 12.2. The Kier molecular flexibility index (Phi) is 5.83. The molecule has 0 unspecified atom stereocenters. The largest absolute Gasteiger partial charge is 0.465 e. The molecule has 0 radical (unpaired) electrons. The highest BCUT2D eigenvalue weighted by molar-refractivity contribution is 7.92. The highest BCUT2D eigenvalue weighted by Crippen LogP contribution is 2.32. The smallest absolute Gasteiger partial charge is 0.337 e. The van der Waals surface area contributed by atoms with E-state index >= 15 is 0 Å². The first-order valence-corrected chi connectivity index (χ1v) is 9.19. The first kappa shape index (κ1) is 19.7. The number of esters is 1. The molecule has 10 heteroatoms. The number of carbonyl (C=O) groups is 1. The number of non-ortho nitro benzene ring substituents is 1. The molecule has 0 atom stereocenters. The average molecular weight is 399 g/mol. The van der Waals surface area contributed by atoms with Gasteiger partial charge in [-0.05, 0) is 37.3 Å². The van der Waals surface area contributed by atoms with Crippen LogP contribution in [0.25, 0.3) is 0 Å². The SMILES string of the molecule is CCN(c1cc(C(=O)OC)ccc1Cl)S(=O)(=O)c1ccc([N+](=O)[O-])cc1. The highest BCUT2D eigenvalue weighted by Gasteiger charge is 2.26. The van der Waals surface area contributed by atoms with Crippen molar-refractivity contribution in [2.24, 2.45) is 0 Å². The molecule has 138 valence electrons. The van der Waals surface area contributed by atoms with E-state index < -0.39 is 20.9 Å². The van der Waals surface area contributed by atoms with E-state index in [1.165, 1.54) is 25.3 Å². The van der Waals surface area contributed by atoms with Gasteiger partial charge in [0.05, 0.1) is 33.2 Å². The molecule has 2 aromatic carbocycles. The van der Waals surface area contributed by atoms with Gasteiger partial charge in [0.2, 0.25) is 0 Å². The zero-order valence-corrected chi connectivity index (χ0v) is 15.5. The number of hydrogen-bond donors (Lipinski definition) is 0. The molecule has 0 fully saturated rings. The molecular weight excluding hydrogens is 384 g/mol. The Morgan fingerprint density at radius 1 is 1.23 bits per heavy atom. The van der Waals surface area contributed by atoms with Gasteiger partial charge in [0, 0.05) is 18.7 Å². The van der Waals surface area contributed by atoms with E-state index in [0.29, 0.717) is 0 Å². The van der Waals surface area contributed by atoms with Gasteiger partial charge in [-0.3, -0.25) is 14.4 Å². The summed E-state index contributed by atoms with van der Waals surface area (Å²) in [6, 6.07) is 8.64. The molecule has 0 saturated carbocycles. The fourth-order valence-corrected chi connectivity index (χ4v) is 4.04. The van der Waals surface area contributed by atoms with Gasteiger partial charge in [-0.25, -0.2) is 13.2 Å². The second-order valence-corrected chi connectivity index (χ2v) is 7.35. The van der Waals surface area contributed by atoms with Gasteiger partial charge >= 0.3 is 5.97 Å². The summed E-state index contributed by atoms with van der Waals surface area (Å²) in [6.45, 7) is 1.63. The maximum absolute atomic E-state index is 12.9. The van der Waals surface area contributed by atoms with Crippen LogP contribution in [0.4, 0.5) is 11.4 Å². The Morgan fingerprint density at radius 2 is 1.85 bits per heavy atom. The second kappa shape index (κ2) is 7.71. The van der Waals surface area contributed by atoms with E-state index in [9.17, 15) is 23.3 Å². The van der Waals surface area contributed by atoms with Crippen molar-refractivity contribution >= 4 is 39.0 Å². The van der Waals surface area contributed by atoms with E-state index in [0.717, 1.165) is 28.6 Å². The number of rotatable bonds is 6. The number of anilines is 1. The summed E-state index contributed by atoms with van der Waals surface area (Å²) in [5.74, 6) is -0.633. The minimum atomic E-state index is -4.04. The standard InChI is InChI=1S/C16H15ClN2O6S/c1-3-18(15-10-11(16(20)25-2)4-9-14(15)17)26(23,24)13-7-5-12(6-8-13)19(21)22/h4-10H,3H2,1-2H3. The molecule has 0 aliphatic carbocycles. The van der Waals surface area contributed by atoms with Gasteiger partial charge in [-0.2, -0.15) is 0 Å². The quantitative estimate of drug-likeness (QED) is 0.420. The summed E-state index contributed by atoms with van der Waals surface area (Å²) in [6.07, 6.45) is 0. The van der Waals surface area contributed by atoms with E-state index in [2.05, 4.69) is 4.74 Å². The number of carbonyl (C=O) groups excluding carboxylic acids is 1. The Balaban J connectivity index is 2.53. The fraction of sp³-hybridized carbons (Fsp3) is 0.188. The monoisotopic (exact) mass is 398 g/mol. The average Bonchev–Trinajstić information content (AvgIpc) is 2.63. The minimum absolute atomic E-state index is 0.0314. The molecule has 26 heavy (non-hydrogen) atoms. The summed E-state index contributed by atoms with van der Waals surface area (Å²) in [7, 11) is -2.83. The molecule has 0 N–H and O–H groups in total. The number of halogens is 1. The Morgan fingerprint density at radius 3 is 2.35 bits per heavy atom. The van der Waals surface area contributed by atoms with Gasteiger partial charge in [0.1, 0.15) is 0 Å². The second-order valence-electron chi connectivity index (χ2n) is 5.08. The van der Waals surface area contributed by atoms with Crippen LogP contribution in [0.5, 0.6) is 0 Å². The van der Waals surface area contributed by atoms with E-state index in [1.807, 2.05) is 0 Å². The topological polar surface area (TPSA) is 107 Å². The molecule has 0 amide bonds. The molecule has 0 aliphatic heterocycles. The van der Waals surface area contributed by atoms with Crippen LogP contribution in [-0.2, 0) is 14.8 Å². The summed E-state index contributed by atoms with van der Waals surface area (Å²) in [5, 5.41) is 10.9. The molecule has 0 spiro atoms. The van der Waals surface area contributed by atoms with E-state index in [4.69, 9.17) is 11.6 Å². The van der Waals surface area contributed by atoms with Crippen molar-refractivity contribution in [1.82, 2.24) is 0 Å². The van der Waals surface area contributed by atoms with Crippen molar-refractivity contribution in [2.75, 3.05) is 18.0 Å². The molecule has 8 nitrogen and oxygen atoms in total. The predicted molar refractivity (Wildman–Crippen MR) is 96.1 cm³/mol.